The number of nitro groups is 1. The van der Waals surface area contributed by atoms with Gasteiger partial charge in [0.1, 0.15) is 5.56 Å². The lowest BCUT2D eigenvalue weighted by molar-refractivity contribution is -0.386. The van der Waals surface area contributed by atoms with E-state index < -0.39 is 16.3 Å². The van der Waals surface area contributed by atoms with Gasteiger partial charge in [-0.05, 0) is 34.7 Å². The van der Waals surface area contributed by atoms with Crippen LogP contribution >= 0.6 is 0 Å². The lowest BCUT2D eigenvalue weighted by Gasteiger charge is -2.23. The number of carboxylic acid groups (broad SMARTS) is 1. The standard InChI is InChI=1S/C16H16N2O4/c1-16(2,3)13-11(10-6-8-17-9-7-10)4-5-12(15(19)20)14(13)18(21)22/h4-9H,1-3H3,(H,19,20). The van der Waals surface area contributed by atoms with Crippen molar-refractivity contribution in [3.63, 3.8) is 0 Å². The summed E-state index contributed by atoms with van der Waals surface area (Å²) in [6, 6.07) is 6.39. The van der Waals surface area contributed by atoms with Gasteiger partial charge in [-0.15, -0.1) is 0 Å². The molecule has 1 aromatic heterocycles. The first-order valence-electron chi connectivity index (χ1n) is 6.69. The maximum atomic E-state index is 11.5. The molecule has 0 saturated heterocycles. The molecule has 2 rings (SSSR count). The Morgan fingerprint density at radius 2 is 1.77 bits per heavy atom. The third-order valence-corrected chi connectivity index (χ3v) is 3.33. The van der Waals surface area contributed by atoms with Gasteiger partial charge >= 0.3 is 5.97 Å². The molecular weight excluding hydrogens is 284 g/mol. The second-order valence-corrected chi connectivity index (χ2v) is 5.93. The van der Waals surface area contributed by atoms with Crippen molar-refractivity contribution in [3.8, 4) is 11.1 Å². The Hall–Kier alpha value is -2.76. The van der Waals surface area contributed by atoms with Gasteiger partial charge in [-0.3, -0.25) is 15.1 Å². The second-order valence-electron chi connectivity index (χ2n) is 5.93. The molecule has 0 aliphatic rings. The number of aromatic carboxylic acids is 1. The van der Waals surface area contributed by atoms with Crippen molar-refractivity contribution in [1.29, 1.82) is 0 Å². The van der Waals surface area contributed by atoms with Crippen molar-refractivity contribution in [1.82, 2.24) is 4.98 Å². The summed E-state index contributed by atoms with van der Waals surface area (Å²) in [5.74, 6) is -1.31. The summed E-state index contributed by atoms with van der Waals surface area (Å²) >= 11 is 0. The predicted molar refractivity (Wildman–Crippen MR) is 82.0 cm³/mol. The molecule has 0 fully saturated rings. The van der Waals surface area contributed by atoms with Crippen LogP contribution in [0.2, 0.25) is 0 Å². The van der Waals surface area contributed by atoms with Gasteiger partial charge in [-0.1, -0.05) is 26.8 Å². The third kappa shape index (κ3) is 2.81. The van der Waals surface area contributed by atoms with E-state index in [9.17, 15) is 20.0 Å². The van der Waals surface area contributed by atoms with E-state index in [0.717, 1.165) is 5.56 Å². The highest BCUT2D eigenvalue weighted by molar-refractivity contribution is 5.95. The van der Waals surface area contributed by atoms with Crippen molar-refractivity contribution in [2.75, 3.05) is 0 Å². The van der Waals surface area contributed by atoms with Gasteiger partial charge in [-0.25, -0.2) is 4.79 Å². The largest absolute Gasteiger partial charge is 0.477 e. The molecule has 114 valence electrons. The molecule has 6 heteroatoms. The molecule has 1 N–H and O–H groups in total. The third-order valence-electron chi connectivity index (χ3n) is 3.33. The van der Waals surface area contributed by atoms with Crippen LogP contribution in [-0.2, 0) is 5.41 Å². The predicted octanol–water partition coefficient (Wildman–Crippen LogP) is 3.65. The van der Waals surface area contributed by atoms with E-state index in [2.05, 4.69) is 4.98 Å². The number of pyridine rings is 1. The first-order valence-corrected chi connectivity index (χ1v) is 6.69. The molecule has 0 atom stereocenters. The summed E-state index contributed by atoms with van der Waals surface area (Å²) in [4.78, 5) is 26.2. The van der Waals surface area contributed by atoms with Crippen LogP contribution in [0.15, 0.2) is 36.7 Å². The number of aromatic nitrogens is 1. The molecular formula is C16H16N2O4. The minimum atomic E-state index is -1.31. The molecule has 2 aromatic rings. The molecule has 0 saturated carbocycles. The van der Waals surface area contributed by atoms with Crippen LogP contribution in [0.25, 0.3) is 11.1 Å². The molecule has 0 spiro atoms. The molecule has 22 heavy (non-hydrogen) atoms. The highest BCUT2D eigenvalue weighted by Crippen LogP contribution is 2.41. The van der Waals surface area contributed by atoms with Crippen molar-refractivity contribution >= 4 is 11.7 Å². The number of carbonyl (C=O) groups is 1. The number of hydrogen-bond acceptors (Lipinski definition) is 4. The molecule has 0 amide bonds. The van der Waals surface area contributed by atoms with Gasteiger partial charge in [0, 0.05) is 18.0 Å². The van der Waals surface area contributed by atoms with Gasteiger partial charge in [0.25, 0.3) is 5.69 Å². The maximum Gasteiger partial charge on any atom is 0.342 e. The first-order chi connectivity index (χ1) is 10.2. The minimum Gasteiger partial charge on any atom is -0.477 e. The molecule has 0 radical (unpaired) electrons. The first kappa shape index (κ1) is 15.6. The quantitative estimate of drug-likeness (QED) is 0.689. The number of hydrogen-bond donors (Lipinski definition) is 1. The Labute approximate surface area is 127 Å². The summed E-state index contributed by atoms with van der Waals surface area (Å²) in [5.41, 5.74) is 0.573. The van der Waals surface area contributed by atoms with Gasteiger partial charge in [0.15, 0.2) is 0 Å². The average molecular weight is 300 g/mol. The van der Waals surface area contributed by atoms with Crippen LogP contribution in [0.4, 0.5) is 5.69 Å². The SMILES string of the molecule is CC(C)(C)c1c(-c2ccncc2)ccc(C(=O)O)c1[N+](=O)[O-]. The molecule has 1 aromatic carbocycles. The monoisotopic (exact) mass is 300 g/mol. The molecule has 6 nitrogen and oxygen atoms in total. The Bertz CT molecular complexity index is 734. The van der Waals surface area contributed by atoms with Crippen LogP contribution in [0.1, 0.15) is 36.7 Å². The average Bonchev–Trinajstić information content (AvgIpc) is 2.45. The molecule has 0 bridgehead atoms. The Morgan fingerprint density at radius 3 is 2.23 bits per heavy atom. The molecule has 0 aliphatic heterocycles. The van der Waals surface area contributed by atoms with Gasteiger partial charge in [0.05, 0.1) is 4.92 Å². The number of rotatable bonds is 3. The Balaban J connectivity index is 2.90. The normalized spacial score (nSPS) is 11.2. The summed E-state index contributed by atoms with van der Waals surface area (Å²) in [5, 5.41) is 20.8. The van der Waals surface area contributed by atoms with Crippen LogP contribution < -0.4 is 0 Å². The lowest BCUT2D eigenvalue weighted by Crippen LogP contribution is -2.18. The fraction of sp³-hybridized carbons (Fsp3) is 0.250. The van der Waals surface area contributed by atoms with E-state index in [1.807, 2.05) is 20.8 Å². The maximum absolute atomic E-state index is 11.5. The summed E-state index contributed by atoms with van der Waals surface area (Å²) < 4.78 is 0. The van der Waals surface area contributed by atoms with Gasteiger partial charge < -0.3 is 5.11 Å². The topological polar surface area (TPSA) is 93.3 Å². The minimum absolute atomic E-state index is 0.298. The van der Waals surface area contributed by atoms with E-state index in [1.165, 1.54) is 6.07 Å². The summed E-state index contributed by atoms with van der Waals surface area (Å²) in [6.07, 6.45) is 3.19. The van der Waals surface area contributed by atoms with Crippen LogP contribution in [0, 0.1) is 10.1 Å². The highest BCUT2D eigenvalue weighted by Gasteiger charge is 2.33. The van der Waals surface area contributed by atoms with Crippen LogP contribution in [0.3, 0.4) is 0 Å². The number of carboxylic acids is 1. The van der Waals surface area contributed by atoms with Crippen molar-refractivity contribution in [2.24, 2.45) is 0 Å². The molecule has 0 aliphatic carbocycles. The second kappa shape index (κ2) is 5.55. The fourth-order valence-electron chi connectivity index (χ4n) is 2.48. The van der Waals surface area contributed by atoms with Gasteiger partial charge in [-0.2, -0.15) is 0 Å². The Kier molecular flexibility index (Phi) is 3.95. The zero-order chi connectivity index (χ0) is 16.5. The number of nitro benzene ring substituents is 1. The Morgan fingerprint density at radius 1 is 1.18 bits per heavy atom. The molecule has 0 unspecified atom stereocenters. The summed E-state index contributed by atoms with van der Waals surface area (Å²) in [6.45, 7) is 5.48. The van der Waals surface area contributed by atoms with Crippen LogP contribution in [0.5, 0.6) is 0 Å². The summed E-state index contributed by atoms with van der Waals surface area (Å²) in [7, 11) is 0. The van der Waals surface area contributed by atoms with Gasteiger partial charge in [0.2, 0.25) is 0 Å². The van der Waals surface area contributed by atoms with E-state index >= 15 is 0 Å². The van der Waals surface area contributed by atoms with Crippen molar-refractivity contribution in [2.45, 2.75) is 26.2 Å². The van der Waals surface area contributed by atoms with E-state index in [4.69, 9.17) is 0 Å². The van der Waals surface area contributed by atoms with E-state index in [0.29, 0.717) is 11.1 Å². The van der Waals surface area contributed by atoms with Crippen LogP contribution in [-0.4, -0.2) is 21.0 Å². The smallest absolute Gasteiger partial charge is 0.342 e. The molecule has 1 heterocycles. The van der Waals surface area contributed by atoms with E-state index in [1.54, 1.807) is 30.6 Å². The zero-order valence-corrected chi connectivity index (χ0v) is 12.5. The zero-order valence-electron chi connectivity index (χ0n) is 12.5. The number of benzene rings is 1. The lowest BCUT2D eigenvalue weighted by atomic mass is 9.79. The highest BCUT2D eigenvalue weighted by atomic mass is 16.6. The van der Waals surface area contributed by atoms with E-state index in [-0.39, 0.29) is 11.3 Å². The van der Waals surface area contributed by atoms with Crippen molar-refractivity contribution < 1.29 is 14.8 Å². The fourth-order valence-corrected chi connectivity index (χ4v) is 2.48. The number of nitrogens with zero attached hydrogens (tertiary/aromatic N) is 2. The van der Waals surface area contributed by atoms with Crippen molar-refractivity contribution in [3.05, 3.63) is 57.9 Å².